The van der Waals surface area contributed by atoms with Crippen LogP contribution in [0.3, 0.4) is 0 Å². The molecule has 0 spiro atoms. The number of nitrogens with one attached hydrogen (secondary N) is 1. The molecule has 0 saturated heterocycles. The van der Waals surface area contributed by atoms with Crippen molar-refractivity contribution in [2.45, 2.75) is 33.2 Å². The van der Waals surface area contributed by atoms with E-state index in [0.29, 0.717) is 18.9 Å². The summed E-state index contributed by atoms with van der Waals surface area (Å²) < 4.78 is 0. The summed E-state index contributed by atoms with van der Waals surface area (Å²) >= 11 is 1.69. The second-order valence-electron chi connectivity index (χ2n) is 4.85. The minimum Gasteiger partial charge on any atom is -0.348 e. The minimum absolute atomic E-state index is 0.0926. The van der Waals surface area contributed by atoms with Crippen LogP contribution >= 0.6 is 11.3 Å². The lowest BCUT2D eigenvalue weighted by Crippen LogP contribution is -2.33. The fourth-order valence-electron chi connectivity index (χ4n) is 1.67. The Morgan fingerprint density at radius 1 is 1.47 bits per heavy atom. The molecular formula is C13H22N2OS. The molecule has 0 aliphatic heterocycles. The summed E-state index contributed by atoms with van der Waals surface area (Å²) in [6.45, 7) is 6.79. The van der Waals surface area contributed by atoms with Crippen molar-refractivity contribution in [1.82, 2.24) is 5.32 Å². The highest BCUT2D eigenvalue weighted by atomic mass is 32.1. The Labute approximate surface area is 107 Å². The normalized spacial score (nSPS) is 14.6. The third kappa shape index (κ3) is 4.48. The summed E-state index contributed by atoms with van der Waals surface area (Å²) in [5.41, 5.74) is 5.53. The van der Waals surface area contributed by atoms with Crippen LogP contribution in [0.15, 0.2) is 17.5 Å². The predicted octanol–water partition coefficient (Wildman–Crippen LogP) is 2.55. The molecule has 0 bridgehead atoms. The quantitative estimate of drug-likeness (QED) is 0.819. The van der Waals surface area contributed by atoms with Crippen LogP contribution in [0.2, 0.25) is 0 Å². The van der Waals surface area contributed by atoms with Crippen molar-refractivity contribution >= 4 is 17.2 Å². The Kier molecular flexibility index (Phi) is 5.65. The molecule has 0 aliphatic rings. The average molecular weight is 254 g/mol. The number of carbonyl (C=O) groups is 1. The van der Waals surface area contributed by atoms with Gasteiger partial charge in [-0.2, -0.15) is 0 Å². The van der Waals surface area contributed by atoms with Crippen molar-refractivity contribution in [3.8, 4) is 0 Å². The van der Waals surface area contributed by atoms with E-state index in [-0.39, 0.29) is 17.9 Å². The van der Waals surface area contributed by atoms with Gasteiger partial charge in [-0.3, -0.25) is 4.79 Å². The van der Waals surface area contributed by atoms with Crippen molar-refractivity contribution in [2.24, 2.45) is 17.6 Å². The van der Waals surface area contributed by atoms with Crippen LogP contribution in [0.25, 0.3) is 0 Å². The molecule has 1 amide bonds. The maximum Gasteiger partial charge on any atom is 0.220 e. The van der Waals surface area contributed by atoms with Crippen molar-refractivity contribution < 1.29 is 4.79 Å². The summed E-state index contributed by atoms with van der Waals surface area (Å²) in [5, 5.41) is 5.14. The van der Waals surface area contributed by atoms with Crippen LogP contribution in [-0.2, 0) is 4.79 Å². The van der Waals surface area contributed by atoms with Crippen LogP contribution in [0.4, 0.5) is 0 Å². The fourth-order valence-corrected chi connectivity index (χ4v) is 2.62. The molecule has 2 atom stereocenters. The highest BCUT2D eigenvalue weighted by Crippen LogP contribution is 2.25. The highest BCUT2D eigenvalue weighted by Gasteiger charge is 2.19. The number of hydrogen-bond donors (Lipinski definition) is 2. The van der Waals surface area contributed by atoms with Gasteiger partial charge >= 0.3 is 0 Å². The molecule has 96 valence electrons. The van der Waals surface area contributed by atoms with Gasteiger partial charge in [0.25, 0.3) is 0 Å². The van der Waals surface area contributed by atoms with Crippen molar-refractivity contribution in [3.05, 3.63) is 22.4 Å². The summed E-state index contributed by atoms with van der Waals surface area (Å²) in [6, 6.07) is 4.21. The first-order chi connectivity index (χ1) is 8.04. The van der Waals surface area contributed by atoms with E-state index in [1.807, 2.05) is 18.4 Å². The van der Waals surface area contributed by atoms with Crippen LogP contribution in [0.5, 0.6) is 0 Å². The molecule has 0 aromatic carbocycles. The van der Waals surface area contributed by atoms with Gasteiger partial charge in [0.2, 0.25) is 5.91 Å². The zero-order valence-corrected chi connectivity index (χ0v) is 11.6. The molecule has 1 rings (SSSR count). The number of hydrogen-bond acceptors (Lipinski definition) is 3. The van der Waals surface area contributed by atoms with Crippen molar-refractivity contribution in [1.29, 1.82) is 0 Å². The van der Waals surface area contributed by atoms with E-state index in [9.17, 15) is 4.79 Å². The van der Waals surface area contributed by atoms with Gasteiger partial charge in [0.05, 0.1) is 6.04 Å². The van der Waals surface area contributed by atoms with Gasteiger partial charge in [0.1, 0.15) is 0 Å². The first kappa shape index (κ1) is 14.2. The van der Waals surface area contributed by atoms with Gasteiger partial charge in [-0.05, 0) is 29.8 Å². The minimum atomic E-state index is 0.0926. The van der Waals surface area contributed by atoms with Crippen molar-refractivity contribution in [2.75, 3.05) is 6.54 Å². The van der Waals surface area contributed by atoms with Gasteiger partial charge in [-0.25, -0.2) is 0 Å². The Balaban J connectivity index is 2.59. The van der Waals surface area contributed by atoms with E-state index in [1.54, 1.807) is 11.3 Å². The topological polar surface area (TPSA) is 55.1 Å². The van der Waals surface area contributed by atoms with E-state index in [0.717, 1.165) is 0 Å². The molecule has 0 saturated carbocycles. The molecule has 0 fully saturated rings. The van der Waals surface area contributed by atoms with Gasteiger partial charge in [0.15, 0.2) is 0 Å². The molecule has 0 radical (unpaired) electrons. The average Bonchev–Trinajstić information content (AvgIpc) is 2.78. The summed E-state index contributed by atoms with van der Waals surface area (Å²) in [7, 11) is 0. The summed E-state index contributed by atoms with van der Waals surface area (Å²) in [6.07, 6.45) is 0.505. The Hall–Kier alpha value is -0.870. The number of nitrogens with two attached hydrogens (primary N) is 1. The van der Waals surface area contributed by atoms with Crippen LogP contribution < -0.4 is 11.1 Å². The van der Waals surface area contributed by atoms with Crippen LogP contribution in [0.1, 0.15) is 38.1 Å². The lowest BCUT2D eigenvalue weighted by atomic mass is 10.0. The molecular weight excluding hydrogens is 232 g/mol. The van der Waals surface area contributed by atoms with E-state index in [1.165, 1.54) is 4.88 Å². The molecule has 17 heavy (non-hydrogen) atoms. The van der Waals surface area contributed by atoms with Crippen LogP contribution in [0, 0.1) is 11.8 Å². The summed E-state index contributed by atoms with van der Waals surface area (Å²) in [5.74, 6) is 0.729. The standard InChI is InChI=1S/C13H22N2OS/c1-9(2)13(11-5-4-6-17-11)15-12(16)7-10(3)8-14/h4-6,9-10,13H,7-8,14H2,1-3H3,(H,15,16). The first-order valence-corrected chi connectivity index (χ1v) is 6.95. The second-order valence-corrected chi connectivity index (χ2v) is 5.83. The maximum absolute atomic E-state index is 11.9. The Morgan fingerprint density at radius 3 is 2.65 bits per heavy atom. The largest absolute Gasteiger partial charge is 0.348 e. The maximum atomic E-state index is 11.9. The number of rotatable bonds is 6. The number of thiophene rings is 1. The van der Waals surface area contributed by atoms with Gasteiger partial charge in [-0.1, -0.05) is 26.8 Å². The molecule has 1 aromatic rings. The van der Waals surface area contributed by atoms with Gasteiger partial charge < -0.3 is 11.1 Å². The predicted molar refractivity (Wildman–Crippen MR) is 72.9 cm³/mol. The molecule has 3 nitrogen and oxygen atoms in total. The third-order valence-electron chi connectivity index (χ3n) is 2.77. The molecule has 4 heteroatoms. The third-order valence-corrected chi connectivity index (χ3v) is 3.72. The Bertz CT molecular complexity index is 335. The fraction of sp³-hybridized carbons (Fsp3) is 0.615. The van der Waals surface area contributed by atoms with Gasteiger partial charge in [-0.15, -0.1) is 11.3 Å². The zero-order valence-electron chi connectivity index (χ0n) is 10.8. The van der Waals surface area contributed by atoms with Crippen molar-refractivity contribution in [3.63, 3.8) is 0 Å². The zero-order chi connectivity index (χ0) is 12.8. The number of amides is 1. The highest BCUT2D eigenvalue weighted by molar-refractivity contribution is 7.10. The van der Waals surface area contributed by atoms with Crippen LogP contribution in [-0.4, -0.2) is 12.5 Å². The first-order valence-electron chi connectivity index (χ1n) is 6.07. The smallest absolute Gasteiger partial charge is 0.220 e. The SMILES string of the molecule is CC(CN)CC(=O)NC(c1cccs1)C(C)C. The Morgan fingerprint density at radius 2 is 2.18 bits per heavy atom. The van der Waals surface area contributed by atoms with E-state index in [2.05, 4.69) is 25.2 Å². The van der Waals surface area contributed by atoms with E-state index < -0.39 is 0 Å². The summed E-state index contributed by atoms with van der Waals surface area (Å²) in [4.78, 5) is 13.1. The lowest BCUT2D eigenvalue weighted by molar-refractivity contribution is -0.122. The van der Waals surface area contributed by atoms with E-state index in [4.69, 9.17) is 5.73 Å². The molecule has 2 unspecified atom stereocenters. The number of carbonyl (C=O) groups excluding carboxylic acids is 1. The monoisotopic (exact) mass is 254 g/mol. The molecule has 0 aliphatic carbocycles. The second kappa shape index (κ2) is 6.77. The molecule has 1 aromatic heterocycles. The molecule has 1 heterocycles. The molecule has 3 N–H and O–H groups in total. The van der Waals surface area contributed by atoms with Gasteiger partial charge in [0, 0.05) is 11.3 Å². The van der Waals surface area contributed by atoms with E-state index >= 15 is 0 Å². The lowest BCUT2D eigenvalue weighted by Gasteiger charge is -2.22.